The Bertz CT molecular complexity index is 440. The van der Waals surface area contributed by atoms with Crippen LogP contribution in [0, 0.1) is 5.92 Å². The summed E-state index contributed by atoms with van der Waals surface area (Å²) in [6.45, 7) is 5.96. The fourth-order valence-electron chi connectivity index (χ4n) is 1.67. The molecular formula is C15H20BrNO2. The van der Waals surface area contributed by atoms with Gasteiger partial charge in [-0.2, -0.15) is 0 Å². The van der Waals surface area contributed by atoms with E-state index in [9.17, 15) is 9.59 Å². The summed E-state index contributed by atoms with van der Waals surface area (Å²) in [5.41, 5.74) is 1.38. The molecule has 1 atom stereocenters. The molecule has 1 unspecified atom stereocenters. The second-order valence-electron chi connectivity index (χ2n) is 4.96. The van der Waals surface area contributed by atoms with Crippen LogP contribution in [0.1, 0.15) is 44.0 Å². The van der Waals surface area contributed by atoms with E-state index in [4.69, 9.17) is 0 Å². The van der Waals surface area contributed by atoms with Gasteiger partial charge in [0.1, 0.15) is 0 Å². The van der Waals surface area contributed by atoms with Crippen LogP contribution in [0.2, 0.25) is 0 Å². The van der Waals surface area contributed by atoms with Gasteiger partial charge < -0.3 is 5.32 Å². The number of Topliss-reactive ketones (excluding diaryl/α,β-unsaturated/α-hetero) is 1. The molecule has 0 saturated heterocycles. The summed E-state index contributed by atoms with van der Waals surface area (Å²) in [5, 5.41) is 2.82. The molecule has 0 radical (unpaired) electrons. The van der Waals surface area contributed by atoms with E-state index >= 15 is 0 Å². The van der Waals surface area contributed by atoms with Gasteiger partial charge in [0.25, 0.3) is 0 Å². The molecule has 0 spiro atoms. The Labute approximate surface area is 122 Å². The predicted molar refractivity (Wildman–Crippen MR) is 81.9 cm³/mol. The SMILES string of the molecule is CCC(Br)C(=O)c1ccc(NC(=O)CC(C)C)cc1. The Hall–Kier alpha value is -1.16. The first-order valence-electron chi connectivity index (χ1n) is 6.52. The van der Waals surface area contributed by atoms with Crippen molar-refractivity contribution in [3.63, 3.8) is 0 Å². The highest BCUT2D eigenvalue weighted by Crippen LogP contribution is 2.16. The highest BCUT2D eigenvalue weighted by molar-refractivity contribution is 9.10. The quantitative estimate of drug-likeness (QED) is 0.634. The van der Waals surface area contributed by atoms with E-state index in [-0.39, 0.29) is 16.5 Å². The van der Waals surface area contributed by atoms with Gasteiger partial charge in [-0.15, -0.1) is 0 Å². The number of benzene rings is 1. The third kappa shape index (κ3) is 5.15. The molecule has 0 aliphatic rings. The number of nitrogens with one attached hydrogen (secondary N) is 1. The first kappa shape index (κ1) is 15.9. The molecule has 0 aliphatic carbocycles. The molecular weight excluding hydrogens is 306 g/mol. The molecule has 0 aromatic heterocycles. The van der Waals surface area contributed by atoms with Crippen LogP contribution < -0.4 is 5.32 Å². The Morgan fingerprint density at radius 1 is 1.21 bits per heavy atom. The number of carbonyl (C=O) groups is 2. The number of ketones is 1. The number of rotatable bonds is 6. The Balaban J connectivity index is 2.66. The molecule has 1 amide bonds. The van der Waals surface area contributed by atoms with E-state index < -0.39 is 0 Å². The molecule has 0 heterocycles. The van der Waals surface area contributed by atoms with Crippen molar-refractivity contribution in [2.24, 2.45) is 5.92 Å². The van der Waals surface area contributed by atoms with Gasteiger partial charge in [0.2, 0.25) is 5.91 Å². The second-order valence-corrected chi connectivity index (χ2v) is 6.07. The van der Waals surface area contributed by atoms with Crippen LogP contribution in [0.15, 0.2) is 24.3 Å². The van der Waals surface area contributed by atoms with Crippen molar-refractivity contribution in [2.45, 2.75) is 38.4 Å². The van der Waals surface area contributed by atoms with Crippen LogP contribution in [0.3, 0.4) is 0 Å². The highest BCUT2D eigenvalue weighted by Gasteiger charge is 2.14. The molecule has 1 aromatic carbocycles. The minimum Gasteiger partial charge on any atom is -0.326 e. The lowest BCUT2D eigenvalue weighted by atomic mass is 10.1. The van der Waals surface area contributed by atoms with Crippen molar-refractivity contribution < 1.29 is 9.59 Å². The average Bonchev–Trinajstić information content (AvgIpc) is 2.36. The zero-order valence-electron chi connectivity index (χ0n) is 11.6. The lowest BCUT2D eigenvalue weighted by Gasteiger charge is -2.09. The fraction of sp³-hybridized carbons (Fsp3) is 0.467. The highest BCUT2D eigenvalue weighted by atomic mass is 79.9. The van der Waals surface area contributed by atoms with Gasteiger partial charge >= 0.3 is 0 Å². The van der Waals surface area contributed by atoms with Crippen LogP contribution in [-0.4, -0.2) is 16.5 Å². The molecule has 104 valence electrons. The number of hydrogen-bond donors (Lipinski definition) is 1. The summed E-state index contributed by atoms with van der Waals surface area (Å²) in [4.78, 5) is 23.4. The van der Waals surface area contributed by atoms with Gasteiger partial charge in [0, 0.05) is 17.7 Å². The van der Waals surface area contributed by atoms with Gasteiger partial charge in [0.05, 0.1) is 4.83 Å². The molecule has 0 fully saturated rings. The maximum Gasteiger partial charge on any atom is 0.224 e. The zero-order valence-corrected chi connectivity index (χ0v) is 13.2. The minimum atomic E-state index is -0.145. The summed E-state index contributed by atoms with van der Waals surface area (Å²) in [7, 11) is 0. The summed E-state index contributed by atoms with van der Waals surface area (Å²) >= 11 is 3.35. The largest absolute Gasteiger partial charge is 0.326 e. The summed E-state index contributed by atoms with van der Waals surface area (Å²) in [6.07, 6.45) is 1.26. The predicted octanol–water partition coefficient (Wildman–Crippen LogP) is 4.03. The van der Waals surface area contributed by atoms with E-state index in [1.165, 1.54) is 0 Å². The third-order valence-corrected chi connectivity index (χ3v) is 3.75. The van der Waals surface area contributed by atoms with Crippen LogP contribution >= 0.6 is 15.9 Å². The van der Waals surface area contributed by atoms with E-state index in [0.29, 0.717) is 17.9 Å². The Morgan fingerprint density at radius 3 is 2.26 bits per heavy atom. The topological polar surface area (TPSA) is 46.2 Å². The fourth-order valence-corrected chi connectivity index (χ4v) is 1.93. The molecule has 4 heteroatoms. The Morgan fingerprint density at radius 2 is 1.79 bits per heavy atom. The maximum absolute atomic E-state index is 11.9. The van der Waals surface area contributed by atoms with Gasteiger partial charge in [-0.05, 0) is 36.6 Å². The molecule has 0 bridgehead atoms. The number of amides is 1. The standard InChI is InChI=1S/C15H20BrNO2/c1-4-13(16)15(19)11-5-7-12(8-6-11)17-14(18)9-10(2)3/h5-8,10,13H,4,9H2,1-3H3,(H,17,18). The number of alkyl halides is 1. The lowest BCUT2D eigenvalue weighted by Crippen LogP contribution is -2.15. The van der Waals surface area contributed by atoms with E-state index in [1.54, 1.807) is 24.3 Å². The molecule has 1 N–H and O–H groups in total. The van der Waals surface area contributed by atoms with Crippen molar-refractivity contribution in [1.82, 2.24) is 0 Å². The van der Waals surface area contributed by atoms with Crippen molar-refractivity contribution >= 4 is 33.3 Å². The smallest absolute Gasteiger partial charge is 0.224 e. The van der Waals surface area contributed by atoms with Crippen molar-refractivity contribution in [1.29, 1.82) is 0 Å². The third-order valence-electron chi connectivity index (χ3n) is 2.69. The van der Waals surface area contributed by atoms with Crippen LogP contribution in [-0.2, 0) is 4.79 Å². The number of halogens is 1. The summed E-state index contributed by atoms with van der Waals surface area (Å²) < 4.78 is 0. The van der Waals surface area contributed by atoms with Crippen molar-refractivity contribution in [3.05, 3.63) is 29.8 Å². The van der Waals surface area contributed by atoms with Gasteiger partial charge in [0.15, 0.2) is 5.78 Å². The maximum atomic E-state index is 11.9. The van der Waals surface area contributed by atoms with Gasteiger partial charge in [-0.3, -0.25) is 9.59 Å². The normalized spacial score (nSPS) is 12.3. The first-order valence-corrected chi connectivity index (χ1v) is 7.43. The van der Waals surface area contributed by atoms with E-state index in [2.05, 4.69) is 21.2 Å². The molecule has 0 aliphatic heterocycles. The monoisotopic (exact) mass is 325 g/mol. The van der Waals surface area contributed by atoms with Gasteiger partial charge in [-0.25, -0.2) is 0 Å². The minimum absolute atomic E-state index is 0.000928. The number of hydrogen-bond acceptors (Lipinski definition) is 2. The zero-order chi connectivity index (χ0) is 14.4. The van der Waals surface area contributed by atoms with Crippen molar-refractivity contribution in [2.75, 3.05) is 5.32 Å². The molecule has 0 saturated carbocycles. The average molecular weight is 326 g/mol. The summed E-state index contributed by atoms with van der Waals surface area (Å²) in [6, 6.07) is 7.02. The second kappa shape index (κ2) is 7.43. The molecule has 19 heavy (non-hydrogen) atoms. The first-order chi connectivity index (χ1) is 8.93. The van der Waals surface area contributed by atoms with Crippen LogP contribution in [0.4, 0.5) is 5.69 Å². The lowest BCUT2D eigenvalue weighted by molar-refractivity contribution is -0.116. The Kier molecular flexibility index (Phi) is 6.22. The molecule has 1 aromatic rings. The molecule has 3 nitrogen and oxygen atoms in total. The van der Waals surface area contributed by atoms with E-state index in [0.717, 1.165) is 12.1 Å². The van der Waals surface area contributed by atoms with E-state index in [1.807, 2.05) is 20.8 Å². The van der Waals surface area contributed by atoms with Crippen molar-refractivity contribution in [3.8, 4) is 0 Å². The number of carbonyl (C=O) groups excluding carboxylic acids is 2. The van der Waals surface area contributed by atoms with Crippen LogP contribution in [0.5, 0.6) is 0 Å². The number of anilines is 1. The molecule has 1 rings (SSSR count). The van der Waals surface area contributed by atoms with Crippen LogP contribution in [0.25, 0.3) is 0 Å². The van der Waals surface area contributed by atoms with Gasteiger partial charge in [-0.1, -0.05) is 36.7 Å². The summed E-state index contributed by atoms with van der Waals surface area (Å²) in [5.74, 6) is 0.406.